The van der Waals surface area contributed by atoms with E-state index >= 15 is 0 Å². The summed E-state index contributed by atoms with van der Waals surface area (Å²) >= 11 is 1.22. The Hall–Kier alpha value is -2.93. The summed E-state index contributed by atoms with van der Waals surface area (Å²) in [6, 6.07) is 7.69. The van der Waals surface area contributed by atoms with Crippen molar-refractivity contribution in [3.05, 3.63) is 52.9 Å². The molecule has 7 heteroatoms. The van der Waals surface area contributed by atoms with E-state index in [-0.39, 0.29) is 5.56 Å². The zero-order valence-electron chi connectivity index (χ0n) is 15.6. The van der Waals surface area contributed by atoms with Gasteiger partial charge in [-0.1, -0.05) is 42.0 Å². The van der Waals surface area contributed by atoms with E-state index in [0.29, 0.717) is 23.4 Å². The zero-order valence-corrected chi connectivity index (χ0v) is 16.4. The lowest BCUT2D eigenvalue weighted by Gasteiger charge is -2.24. The molecule has 0 unspecified atom stereocenters. The van der Waals surface area contributed by atoms with Crippen molar-refractivity contribution < 1.29 is 24.2 Å². The first-order valence-corrected chi connectivity index (χ1v) is 9.75. The highest BCUT2D eigenvalue weighted by Gasteiger charge is 2.35. The molecule has 0 saturated heterocycles. The second-order valence-corrected chi connectivity index (χ2v) is 7.57. The average molecular weight is 399 g/mol. The first-order valence-electron chi connectivity index (χ1n) is 8.88. The summed E-state index contributed by atoms with van der Waals surface area (Å²) in [5.41, 5.74) is 2.89. The first kappa shape index (κ1) is 19.8. The van der Waals surface area contributed by atoms with Crippen molar-refractivity contribution in [3.63, 3.8) is 0 Å². The summed E-state index contributed by atoms with van der Waals surface area (Å²) in [4.78, 5) is 36.7. The Morgan fingerprint density at radius 3 is 2.36 bits per heavy atom. The van der Waals surface area contributed by atoms with Gasteiger partial charge in [-0.15, -0.1) is 11.3 Å². The molecule has 2 N–H and O–H groups in total. The molecule has 0 saturated carbocycles. The van der Waals surface area contributed by atoms with Crippen LogP contribution in [0.25, 0.3) is 11.1 Å². The van der Waals surface area contributed by atoms with Crippen molar-refractivity contribution in [2.75, 3.05) is 12.4 Å². The maximum atomic E-state index is 12.8. The Kier molecular flexibility index (Phi) is 5.94. The smallest absolute Gasteiger partial charge is 0.341 e. The summed E-state index contributed by atoms with van der Waals surface area (Å²) in [6.45, 7) is 1.97. The number of nitrogens with one attached hydrogen (secondary N) is 1. The average Bonchev–Trinajstić information content (AvgIpc) is 3.11. The predicted molar refractivity (Wildman–Crippen MR) is 107 cm³/mol. The molecule has 28 heavy (non-hydrogen) atoms. The van der Waals surface area contributed by atoms with Crippen LogP contribution in [0.2, 0.25) is 0 Å². The lowest BCUT2D eigenvalue weighted by molar-refractivity contribution is -0.146. The van der Waals surface area contributed by atoms with E-state index in [1.165, 1.54) is 18.4 Å². The number of rotatable bonds is 5. The number of allylic oxidation sites excluding steroid dienone is 2. The van der Waals surface area contributed by atoms with E-state index < -0.39 is 29.7 Å². The molecule has 1 heterocycles. The van der Waals surface area contributed by atoms with Gasteiger partial charge in [-0.2, -0.15) is 0 Å². The molecule has 2 aromatic rings. The second-order valence-electron chi connectivity index (χ2n) is 6.69. The second kappa shape index (κ2) is 8.39. The Balaban J connectivity index is 1.92. The summed E-state index contributed by atoms with van der Waals surface area (Å²) in [5.74, 6) is -3.41. The number of methoxy groups -OCH3 is 1. The van der Waals surface area contributed by atoms with Gasteiger partial charge >= 0.3 is 11.9 Å². The number of aryl methyl sites for hydroxylation is 1. The molecule has 0 spiro atoms. The highest BCUT2D eigenvalue weighted by Crippen LogP contribution is 2.37. The number of carboxylic acids is 1. The summed E-state index contributed by atoms with van der Waals surface area (Å²) in [5, 5.41) is 14.3. The largest absolute Gasteiger partial charge is 0.481 e. The fourth-order valence-corrected chi connectivity index (χ4v) is 4.24. The number of carbonyl (C=O) groups is 3. The van der Waals surface area contributed by atoms with Crippen LogP contribution < -0.4 is 5.32 Å². The van der Waals surface area contributed by atoms with Crippen LogP contribution in [0.3, 0.4) is 0 Å². The number of anilines is 1. The van der Waals surface area contributed by atoms with Crippen molar-refractivity contribution >= 4 is 34.2 Å². The van der Waals surface area contributed by atoms with E-state index in [4.69, 9.17) is 4.74 Å². The zero-order chi connectivity index (χ0) is 20.3. The molecule has 1 aromatic carbocycles. The predicted octanol–water partition coefficient (Wildman–Crippen LogP) is 4.12. The molecular weight excluding hydrogens is 378 g/mol. The van der Waals surface area contributed by atoms with Gasteiger partial charge in [0.25, 0.3) is 0 Å². The third-order valence-electron chi connectivity index (χ3n) is 4.87. The molecule has 3 rings (SSSR count). The van der Waals surface area contributed by atoms with Gasteiger partial charge in [0.05, 0.1) is 18.9 Å². The molecule has 0 aliphatic heterocycles. The third kappa shape index (κ3) is 3.99. The number of thiophene rings is 1. The van der Waals surface area contributed by atoms with Crippen LogP contribution >= 0.6 is 11.3 Å². The molecule has 6 nitrogen and oxygen atoms in total. The van der Waals surface area contributed by atoms with Gasteiger partial charge in [0.1, 0.15) is 10.6 Å². The van der Waals surface area contributed by atoms with Gasteiger partial charge < -0.3 is 15.2 Å². The van der Waals surface area contributed by atoms with E-state index in [2.05, 4.69) is 5.32 Å². The molecule has 0 bridgehead atoms. The van der Waals surface area contributed by atoms with E-state index in [1.54, 1.807) is 11.5 Å². The molecular formula is C21H21NO5S. The quantitative estimate of drug-likeness (QED) is 0.583. The number of carboxylic acid groups (broad SMARTS) is 1. The molecule has 1 aliphatic carbocycles. The third-order valence-corrected chi connectivity index (χ3v) is 5.76. The van der Waals surface area contributed by atoms with Gasteiger partial charge in [-0.3, -0.25) is 9.59 Å². The highest BCUT2D eigenvalue weighted by atomic mass is 32.1. The van der Waals surface area contributed by atoms with Crippen LogP contribution in [-0.4, -0.2) is 30.1 Å². The number of ether oxygens (including phenoxy) is 1. The van der Waals surface area contributed by atoms with Gasteiger partial charge in [0.15, 0.2) is 0 Å². The molecule has 1 aliphatic rings. The molecule has 0 radical (unpaired) electrons. The normalized spacial score (nSPS) is 18.5. The van der Waals surface area contributed by atoms with Crippen LogP contribution in [0.4, 0.5) is 5.00 Å². The number of esters is 1. The van der Waals surface area contributed by atoms with Crippen molar-refractivity contribution in [2.24, 2.45) is 11.8 Å². The van der Waals surface area contributed by atoms with Gasteiger partial charge in [0.2, 0.25) is 5.91 Å². The van der Waals surface area contributed by atoms with Crippen LogP contribution in [0, 0.1) is 18.8 Å². The first-order chi connectivity index (χ1) is 13.4. The fraction of sp³-hybridized carbons (Fsp3) is 0.286. The standard InChI is InChI=1S/C21H21NO5S/c1-12-7-9-13(10-8-12)16-11-28-19(17(16)21(26)27-2)22-18(23)14-5-3-4-6-15(14)20(24)25/h3-4,7-11,14-15H,5-6H2,1-2H3,(H,22,23)(H,24,25)/t14-,15-/m0/s1. The number of aliphatic carboxylic acids is 1. The maximum Gasteiger partial charge on any atom is 0.341 e. The number of amides is 1. The van der Waals surface area contributed by atoms with Gasteiger partial charge in [-0.05, 0) is 25.3 Å². The minimum absolute atomic E-state index is 0.280. The molecule has 2 atom stereocenters. The molecule has 0 fully saturated rings. The van der Waals surface area contributed by atoms with Crippen molar-refractivity contribution in [2.45, 2.75) is 19.8 Å². The Bertz CT molecular complexity index is 929. The van der Waals surface area contributed by atoms with Gasteiger partial charge in [0, 0.05) is 10.9 Å². The SMILES string of the molecule is COC(=O)c1c(-c2ccc(C)cc2)csc1NC(=O)[C@H]1CC=CC[C@@H]1C(=O)O. The van der Waals surface area contributed by atoms with Crippen LogP contribution in [-0.2, 0) is 14.3 Å². The number of hydrogen-bond donors (Lipinski definition) is 2. The highest BCUT2D eigenvalue weighted by molar-refractivity contribution is 7.15. The monoisotopic (exact) mass is 399 g/mol. The maximum absolute atomic E-state index is 12.8. The van der Waals surface area contributed by atoms with Crippen LogP contribution in [0.15, 0.2) is 41.8 Å². The van der Waals surface area contributed by atoms with Crippen molar-refractivity contribution in [3.8, 4) is 11.1 Å². The summed E-state index contributed by atoms with van der Waals surface area (Å²) in [7, 11) is 1.29. The number of benzene rings is 1. The fourth-order valence-electron chi connectivity index (χ4n) is 3.28. The minimum atomic E-state index is -0.996. The van der Waals surface area contributed by atoms with E-state index in [1.807, 2.05) is 37.3 Å². The van der Waals surface area contributed by atoms with Crippen molar-refractivity contribution in [1.29, 1.82) is 0 Å². The lowest BCUT2D eigenvalue weighted by atomic mass is 9.82. The van der Waals surface area contributed by atoms with Crippen molar-refractivity contribution in [1.82, 2.24) is 0 Å². The number of carbonyl (C=O) groups excluding carboxylic acids is 2. The van der Waals surface area contributed by atoms with Crippen LogP contribution in [0.5, 0.6) is 0 Å². The van der Waals surface area contributed by atoms with E-state index in [0.717, 1.165) is 11.1 Å². The summed E-state index contributed by atoms with van der Waals surface area (Å²) in [6.07, 6.45) is 4.27. The minimum Gasteiger partial charge on any atom is -0.481 e. The molecule has 1 amide bonds. The lowest BCUT2D eigenvalue weighted by Crippen LogP contribution is -2.34. The molecule has 1 aromatic heterocycles. The topological polar surface area (TPSA) is 92.7 Å². The Morgan fingerprint density at radius 1 is 1.11 bits per heavy atom. The Labute approximate surface area is 166 Å². The molecule has 146 valence electrons. The van der Waals surface area contributed by atoms with E-state index in [9.17, 15) is 19.5 Å². The van der Waals surface area contributed by atoms with Gasteiger partial charge in [-0.25, -0.2) is 4.79 Å². The van der Waals surface area contributed by atoms with Crippen LogP contribution in [0.1, 0.15) is 28.8 Å². The Morgan fingerprint density at radius 2 is 1.75 bits per heavy atom. The summed E-state index contributed by atoms with van der Waals surface area (Å²) < 4.78 is 4.92. The number of hydrogen-bond acceptors (Lipinski definition) is 5.